The normalized spacial score (nSPS) is 18.5. The lowest BCUT2D eigenvalue weighted by Crippen LogP contribution is -2.48. The summed E-state index contributed by atoms with van der Waals surface area (Å²) in [6.07, 6.45) is 3.64. The van der Waals surface area contributed by atoms with Crippen LogP contribution in [0, 0.1) is 5.92 Å². The van der Waals surface area contributed by atoms with Crippen LogP contribution in [0.15, 0.2) is 60.7 Å². The van der Waals surface area contributed by atoms with Crippen LogP contribution in [-0.4, -0.2) is 47.5 Å². The van der Waals surface area contributed by atoms with Gasteiger partial charge in [-0.15, -0.1) is 0 Å². The fraction of sp³-hybridized carbons (Fsp3) is 0.407. The molecule has 0 saturated heterocycles. The highest BCUT2D eigenvalue weighted by atomic mass is 16.2. The zero-order chi connectivity index (χ0) is 24.5. The van der Waals surface area contributed by atoms with Crippen molar-refractivity contribution in [2.45, 2.75) is 57.0 Å². The maximum Gasteiger partial charge on any atom is 0.251 e. The summed E-state index contributed by atoms with van der Waals surface area (Å²) in [7, 11) is 1.68. The molecule has 0 aliphatic heterocycles. The van der Waals surface area contributed by atoms with E-state index in [9.17, 15) is 19.2 Å². The molecule has 3 N–H and O–H groups in total. The summed E-state index contributed by atoms with van der Waals surface area (Å²) in [6, 6.07) is 17.2. The SMILES string of the molecule is CN(C(=O)CCC(=O)[C@H](Cc1ccccc1)NC(=O)c1ccccc1)[C@@H]1CCCC[C@H]1C(N)=O. The van der Waals surface area contributed by atoms with Gasteiger partial charge in [0.1, 0.15) is 0 Å². The van der Waals surface area contributed by atoms with E-state index in [4.69, 9.17) is 5.73 Å². The smallest absolute Gasteiger partial charge is 0.251 e. The molecule has 1 saturated carbocycles. The van der Waals surface area contributed by atoms with Gasteiger partial charge in [0, 0.05) is 31.5 Å². The topological polar surface area (TPSA) is 110 Å². The lowest BCUT2D eigenvalue weighted by atomic mass is 9.83. The van der Waals surface area contributed by atoms with Crippen LogP contribution in [0.5, 0.6) is 0 Å². The van der Waals surface area contributed by atoms with Crippen molar-refractivity contribution in [1.82, 2.24) is 10.2 Å². The van der Waals surface area contributed by atoms with E-state index in [1.807, 2.05) is 36.4 Å². The van der Waals surface area contributed by atoms with Gasteiger partial charge in [0.25, 0.3) is 5.91 Å². The molecule has 1 aliphatic carbocycles. The third kappa shape index (κ3) is 6.76. The number of nitrogens with one attached hydrogen (secondary N) is 1. The standard InChI is InChI=1S/C27H33N3O4/c1-30(23-15-9-8-14-21(23)26(28)33)25(32)17-16-24(31)22(18-19-10-4-2-5-11-19)29-27(34)20-12-6-3-7-13-20/h2-7,10-13,21-23H,8-9,14-18H2,1H3,(H2,28,33)(H,29,34)/t21-,22+,23-/m1/s1. The van der Waals surface area contributed by atoms with Crippen LogP contribution in [0.25, 0.3) is 0 Å². The first kappa shape index (κ1) is 25.1. The van der Waals surface area contributed by atoms with Crippen molar-refractivity contribution >= 4 is 23.5 Å². The van der Waals surface area contributed by atoms with Gasteiger partial charge < -0.3 is 16.0 Å². The lowest BCUT2D eigenvalue weighted by molar-refractivity contribution is -0.137. The van der Waals surface area contributed by atoms with E-state index in [0.29, 0.717) is 18.4 Å². The number of primary amides is 1. The number of ketones is 1. The van der Waals surface area contributed by atoms with E-state index in [2.05, 4.69) is 5.32 Å². The number of carbonyl (C=O) groups excluding carboxylic acids is 4. The van der Waals surface area contributed by atoms with Crippen molar-refractivity contribution < 1.29 is 19.2 Å². The average Bonchev–Trinajstić information content (AvgIpc) is 2.87. The van der Waals surface area contributed by atoms with Crippen LogP contribution < -0.4 is 11.1 Å². The number of hydrogen-bond acceptors (Lipinski definition) is 4. The number of nitrogens with zero attached hydrogens (tertiary/aromatic N) is 1. The molecule has 34 heavy (non-hydrogen) atoms. The molecule has 7 nitrogen and oxygen atoms in total. The van der Waals surface area contributed by atoms with Crippen molar-refractivity contribution in [3.05, 3.63) is 71.8 Å². The van der Waals surface area contributed by atoms with Crippen LogP contribution in [0.1, 0.15) is 54.4 Å². The summed E-state index contributed by atoms with van der Waals surface area (Å²) in [6.45, 7) is 0. The van der Waals surface area contributed by atoms with Crippen molar-refractivity contribution in [2.24, 2.45) is 11.7 Å². The molecule has 180 valence electrons. The van der Waals surface area contributed by atoms with E-state index in [1.165, 1.54) is 0 Å². The fourth-order valence-corrected chi connectivity index (χ4v) is 4.60. The molecule has 0 unspecified atom stereocenters. The predicted molar refractivity (Wildman–Crippen MR) is 130 cm³/mol. The minimum Gasteiger partial charge on any atom is -0.369 e. The van der Waals surface area contributed by atoms with Crippen LogP contribution in [0.3, 0.4) is 0 Å². The maximum absolute atomic E-state index is 13.1. The van der Waals surface area contributed by atoms with Gasteiger partial charge in [-0.05, 0) is 37.0 Å². The second-order valence-corrected chi connectivity index (χ2v) is 8.91. The van der Waals surface area contributed by atoms with Gasteiger partial charge in [0.15, 0.2) is 5.78 Å². The first-order valence-electron chi connectivity index (χ1n) is 11.8. The Hall–Kier alpha value is -3.48. The molecule has 0 bridgehead atoms. The summed E-state index contributed by atoms with van der Waals surface area (Å²) in [5, 5.41) is 2.85. The Balaban J connectivity index is 1.65. The number of benzene rings is 2. The van der Waals surface area contributed by atoms with Crippen LogP contribution in [0.2, 0.25) is 0 Å². The van der Waals surface area contributed by atoms with Gasteiger partial charge >= 0.3 is 0 Å². The van der Waals surface area contributed by atoms with Crippen LogP contribution in [-0.2, 0) is 20.8 Å². The van der Waals surface area contributed by atoms with E-state index < -0.39 is 6.04 Å². The van der Waals surface area contributed by atoms with E-state index in [-0.39, 0.29) is 48.3 Å². The van der Waals surface area contributed by atoms with E-state index in [0.717, 1.165) is 24.8 Å². The third-order valence-electron chi connectivity index (χ3n) is 6.58. The summed E-state index contributed by atoms with van der Waals surface area (Å²) in [5.41, 5.74) is 6.95. The number of amides is 3. The summed E-state index contributed by atoms with van der Waals surface area (Å²) < 4.78 is 0. The number of carbonyl (C=O) groups is 4. The number of Topliss-reactive ketones (excluding diaryl/α,β-unsaturated/α-hetero) is 1. The molecule has 3 amide bonds. The zero-order valence-electron chi connectivity index (χ0n) is 19.6. The molecule has 7 heteroatoms. The highest BCUT2D eigenvalue weighted by molar-refractivity contribution is 5.98. The summed E-state index contributed by atoms with van der Waals surface area (Å²) >= 11 is 0. The minimum atomic E-state index is -0.749. The highest BCUT2D eigenvalue weighted by Crippen LogP contribution is 2.28. The van der Waals surface area contributed by atoms with E-state index in [1.54, 1.807) is 36.2 Å². The molecular weight excluding hydrogens is 430 g/mol. The van der Waals surface area contributed by atoms with Crippen molar-refractivity contribution in [2.75, 3.05) is 7.05 Å². The summed E-state index contributed by atoms with van der Waals surface area (Å²) in [5.74, 6) is -1.46. The third-order valence-corrected chi connectivity index (χ3v) is 6.58. The van der Waals surface area contributed by atoms with Crippen LogP contribution in [0.4, 0.5) is 0 Å². The lowest BCUT2D eigenvalue weighted by Gasteiger charge is -2.36. The Morgan fingerprint density at radius 2 is 1.56 bits per heavy atom. The Labute approximate surface area is 200 Å². The van der Waals surface area contributed by atoms with E-state index >= 15 is 0 Å². The largest absolute Gasteiger partial charge is 0.369 e. The Morgan fingerprint density at radius 1 is 0.941 bits per heavy atom. The van der Waals surface area contributed by atoms with Gasteiger partial charge in [0.05, 0.1) is 12.0 Å². The molecule has 0 radical (unpaired) electrons. The van der Waals surface area contributed by atoms with Crippen LogP contribution >= 0.6 is 0 Å². The van der Waals surface area contributed by atoms with Crippen molar-refractivity contribution in [3.8, 4) is 0 Å². The van der Waals surface area contributed by atoms with Crippen molar-refractivity contribution in [1.29, 1.82) is 0 Å². The summed E-state index contributed by atoms with van der Waals surface area (Å²) in [4.78, 5) is 52.1. The Kier molecular flexibility index (Phi) is 8.96. The van der Waals surface area contributed by atoms with Gasteiger partial charge in [-0.3, -0.25) is 19.2 Å². The van der Waals surface area contributed by atoms with Gasteiger partial charge in [-0.25, -0.2) is 0 Å². The van der Waals surface area contributed by atoms with Crippen molar-refractivity contribution in [3.63, 3.8) is 0 Å². The molecule has 0 spiro atoms. The Bertz CT molecular complexity index is 993. The molecule has 1 aliphatic rings. The molecule has 3 rings (SSSR count). The number of hydrogen-bond donors (Lipinski definition) is 2. The molecule has 2 aromatic carbocycles. The van der Waals surface area contributed by atoms with Gasteiger partial charge in [-0.1, -0.05) is 61.4 Å². The monoisotopic (exact) mass is 463 g/mol. The maximum atomic E-state index is 13.1. The minimum absolute atomic E-state index is 0.00367. The van der Waals surface area contributed by atoms with Gasteiger partial charge in [-0.2, -0.15) is 0 Å². The highest BCUT2D eigenvalue weighted by Gasteiger charge is 2.34. The quantitative estimate of drug-likeness (QED) is 0.565. The number of nitrogens with two attached hydrogens (primary N) is 1. The number of rotatable bonds is 10. The first-order chi connectivity index (χ1) is 16.4. The second kappa shape index (κ2) is 12.1. The zero-order valence-corrected chi connectivity index (χ0v) is 19.6. The molecule has 1 fully saturated rings. The average molecular weight is 464 g/mol. The predicted octanol–water partition coefficient (Wildman–Crippen LogP) is 2.88. The molecule has 2 aromatic rings. The molecular formula is C27H33N3O4. The first-order valence-corrected chi connectivity index (χ1v) is 11.8. The molecule has 3 atom stereocenters. The molecule has 0 heterocycles. The fourth-order valence-electron chi connectivity index (χ4n) is 4.60. The molecule has 0 aromatic heterocycles. The Morgan fingerprint density at radius 3 is 2.21 bits per heavy atom. The van der Waals surface area contributed by atoms with Gasteiger partial charge in [0.2, 0.25) is 11.8 Å². The second-order valence-electron chi connectivity index (χ2n) is 8.91.